The molecule has 8 nitrogen and oxygen atoms in total. The Morgan fingerprint density at radius 3 is 2.59 bits per heavy atom. The smallest absolute Gasteiger partial charge is 0.342 e. The Bertz CT molecular complexity index is 971. The summed E-state index contributed by atoms with van der Waals surface area (Å²) in [6.07, 6.45) is 4.47. The van der Waals surface area contributed by atoms with Crippen molar-refractivity contribution in [3.63, 3.8) is 0 Å². The molecule has 1 aliphatic rings. The van der Waals surface area contributed by atoms with Crippen molar-refractivity contribution in [2.75, 3.05) is 32.8 Å². The predicted molar refractivity (Wildman–Crippen MR) is 127 cm³/mol. The summed E-state index contributed by atoms with van der Waals surface area (Å²) < 4.78 is 15.8. The molecule has 1 fully saturated rings. The molecule has 0 saturated carbocycles. The number of benzene rings is 2. The number of nitrogens with zero attached hydrogens (tertiary/aromatic N) is 1. The van der Waals surface area contributed by atoms with E-state index in [4.69, 9.17) is 14.2 Å². The molecule has 182 valence electrons. The Kier molecular flexibility index (Phi) is 9.91. The maximum Gasteiger partial charge on any atom is 0.342 e. The fourth-order valence-electron chi connectivity index (χ4n) is 3.74. The van der Waals surface area contributed by atoms with E-state index in [2.05, 4.69) is 22.3 Å². The molecule has 3 rings (SSSR count). The maximum absolute atomic E-state index is 12.2. The molecule has 0 aliphatic carbocycles. The van der Waals surface area contributed by atoms with Crippen LogP contribution in [0.15, 0.2) is 48.5 Å². The van der Waals surface area contributed by atoms with E-state index in [1.54, 1.807) is 12.1 Å². The number of nitrogens with one attached hydrogen (secondary N) is 1. The Balaban J connectivity index is 1.33. The Morgan fingerprint density at radius 2 is 1.79 bits per heavy atom. The van der Waals surface area contributed by atoms with Crippen molar-refractivity contribution in [1.29, 1.82) is 0 Å². The molecule has 0 radical (unpaired) electrons. The van der Waals surface area contributed by atoms with Crippen molar-refractivity contribution in [2.24, 2.45) is 0 Å². The molecule has 1 heterocycles. The number of ether oxygens (including phenoxy) is 3. The molecule has 2 aromatic rings. The van der Waals surface area contributed by atoms with E-state index in [1.807, 2.05) is 12.1 Å². The molecule has 0 spiro atoms. The van der Waals surface area contributed by atoms with Crippen molar-refractivity contribution < 1.29 is 28.6 Å². The van der Waals surface area contributed by atoms with Gasteiger partial charge in [0.05, 0.1) is 6.61 Å². The molecule has 0 unspecified atom stereocenters. The van der Waals surface area contributed by atoms with Gasteiger partial charge in [0.1, 0.15) is 17.1 Å². The predicted octanol–water partition coefficient (Wildman–Crippen LogP) is 3.34. The van der Waals surface area contributed by atoms with Crippen LogP contribution in [0.2, 0.25) is 0 Å². The van der Waals surface area contributed by atoms with Crippen LogP contribution >= 0.6 is 0 Å². The fraction of sp³-hybridized carbons (Fsp3) is 0.423. The van der Waals surface area contributed by atoms with Gasteiger partial charge in [-0.2, -0.15) is 0 Å². The SMILES string of the molecule is CC(=O)Oc1ccccc1C(=O)OCC(=O)NCCCOc1cccc(CN2CCCCC2)c1. The van der Waals surface area contributed by atoms with Crippen LogP contribution in [-0.2, 0) is 20.9 Å². The van der Waals surface area contributed by atoms with Gasteiger partial charge in [-0.15, -0.1) is 0 Å². The molecule has 1 saturated heterocycles. The van der Waals surface area contributed by atoms with Crippen LogP contribution in [0, 0.1) is 0 Å². The topological polar surface area (TPSA) is 94.2 Å². The van der Waals surface area contributed by atoms with Crippen LogP contribution in [0.1, 0.15) is 48.5 Å². The Morgan fingerprint density at radius 1 is 1.00 bits per heavy atom. The minimum atomic E-state index is -0.736. The molecule has 1 aliphatic heterocycles. The van der Waals surface area contributed by atoms with Gasteiger partial charge in [-0.1, -0.05) is 30.7 Å². The van der Waals surface area contributed by atoms with Crippen molar-refractivity contribution in [1.82, 2.24) is 10.2 Å². The first-order valence-corrected chi connectivity index (χ1v) is 11.7. The second kappa shape index (κ2) is 13.3. The molecule has 0 atom stereocenters. The third kappa shape index (κ3) is 8.51. The number of carbonyl (C=O) groups excluding carboxylic acids is 3. The van der Waals surface area contributed by atoms with E-state index in [9.17, 15) is 14.4 Å². The summed E-state index contributed by atoms with van der Waals surface area (Å²) in [5.74, 6) is -0.783. The molecule has 0 bridgehead atoms. The van der Waals surface area contributed by atoms with Crippen LogP contribution < -0.4 is 14.8 Å². The summed E-state index contributed by atoms with van der Waals surface area (Å²) in [5.41, 5.74) is 1.33. The van der Waals surface area contributed by atoms with Gasteiger partial charge in [0, 0.05) is 20.0 Å². The highest BCUT2D eigenvalue weighted by molar-refractivity contribution is 5.94. The molecule has 1 N–H and O–H groups in total. The quantitative estimate of drug-likeness (QED) is 0.307. The molecule has 8 heteroatoms. The summed E-state index contributed by atoms with van der Waals surface area (Å²) >= 11 is 0. The number of piperidine rings is 1. The van der Waals surface area contributed by atoms with Crippen LogP contribution in [0.25, 0.3) is 0 Å². The lowest BCUT2D eigenvalue weighted by Crippen LogP contribution is -2.30. The van der Waals surface area contributed by atoms with E-state index >= 15 is 0 Å². The van der Waals surface area contributed by atoms with Gasteiger partial charge in [0.2, 0.25) is 0 Å². The van der Waals surface area contributed by atoms with E-state index in [0.29, 0.717) is 19.6 Å². The van der Waals surface area contributed by atoms with Gasteiger partial charge in [-0.3, -0.25) is 14.5 Å². The normalized spacial score (nSPS) is 13.7. The zero-order valence-corrected chi connectivity index (χ0v) is 19.6. The first-order valence-electron chi connectivity index (χ1n) is 11.7. The summed E-state index contributed by atoms with van der Waals surface area (Å²) in [4.78, 5) is 37.8. The molecular weight excluding hydrogens is 436 g/mol. The van der Waals surface area contributed by atoms with Crippen LogP contribution in [-0.4, -0.2) is 55.6 Å². The summed E-state index contributed by atoms with van der Waals surface area (Å²) in [7, 11) is 0. The number of carbonyl (C=O) groups is 3. The number of rotatable bonds is 11. The maximum atomic E-state index is 12.2. The first kappa shape index (κ1) is 25.2. The Hall–Kier alpha value is -3.39. The Labute approximate surface area is 200 Å². The number of hydrogen-bond acceptors (Lipinski definition) is 7. The lowest BCUT2D eigenvalue weighted by atomic mass is 10.1. The largest absolute Gasteiger partial charge is 0.494 e. The van der Waals surface area contributed by atoms with Gasteiger partial charge in [-0.05, 0) is 62.2 Å². The van der Waals surface area contributed by atoms with Gasteiger partial charge >= 0.3 is 11.9 Å². The number of hydrogen-bond donors (Lipinski definition) is 1. The van der Waals surface area contributed by atoms with Crippen LogP contribution in [0.5, 0.6) is 11.5 Å². The zero-order valence-electron chi connectivity index (χ0n) is 19.6. The van der Waals surface area contributed by atoms with Gasteiger partial charge in [0.15, 0.2) is 6.61 Å². The van der Waals surface area contributed by atoms with E-state index < -0.39 is 24.5 Å². The minimum Gasteiger partial charge on any atom is -0.494 e. The first-order chi connectivity index (χ1) is 16.5. The third-order valence-corrected chi connectivity index (χ3v) is 5.36. The lowest BCUT2D eigenvalue weighted by molar-refractivity contribution is -0.132. The average Bonchev–Trinajstić information content (AvgIpc) is 2.83. The molecule has 1 amide bonds. The second-order valence-electron chi connectivity index (χ2n) is 8.20. The molecule has 34 heavy (non-hydrogen) atoms. The van der Waals surface area contributed by atoms with Gasteiger partial charge in [-0.25, -0.2) is 4.79 Å². The van der Waals surface area contributed by atoms with Crippen molar-refractivity contribution >= 4 is 17.8 Å². The number of esters is 2. The highest BCUT2D eigenvalue weighted by atomic mass is 16.5. The number of para-hydroxylation sites is 1. The summed E-state index contributed by atoms with van der Waals surface area (Å²) in [6.45, 7) is 4.92. The highest BCUT2D eigenvalue weighted by Crippen LogP contribution is 2.19. The van der Waals surface area contributed by atoms with Crippen LogP contribution in [0.4, 0.5) is 0 Å². The standard InChI is InChI=1S/C26H32N2O6/c1-20(29)34-24-12-4-3-11-23(24)26(31)33-19-25(30)27-13-8-16-32-22-10-7-9-21(17-22)18-28-14-5-2-6-15-28/h3-4,7,9-12,17H,2,5-6,8,13-16,18-19H2,1H3,(H,27,30). The average molecular weight is 469 g/mol. The van der Waals surface area contributed by atoms with Crippen molar-refractivity contribution in [2.45, 2.75) is 39.2 Å². The minimum absolute atomic E-state index is 0.0846. The summed E-state index contributed by atoms with van der Waals surface area (Å²) in [6, 6.07) is 14.3. The summed E-state index contributed by atoms with van der Waals surface area (Å²) in [5, 5.41) is 2.70. The van der Waals surface area contributed by atoms with E-state index in [0.717, 1.165) is 25.4 Å². The molecule has 0 aromatic heterocycles. The van der Waals surface area contributed by atoms with E-state index in [1.165, 1.54) is 43.9 Å². The second-order valence-corrected chi connectivity index (χ2v) is 8.20. The number of amides is 1. The van der Waals surface area contributed by atoms with Crippen molar-refractivity contribution in [3.8, 4) is 11.5 Å². The third-order valence-electron chi connectivity index (χ3n) is 5.36. The lowest BCUT2D eigenvalue weighted by Gasteiger charge is -2.26. The highest BCUT2D eigenvalue weighted by Gasteiger charge is 2.16. The van der Waals surface area contributed by atoms with Crippen molar-refractivity contribution in [3.05, 3.63) is 59.7 Å². The monoisotopic (exact) mass is 468 g/mol. The van der Waals surface area contributed by atoms with Gasteiger partial charge in [0.25, 0.3) is 5.91 Å². The van der Waals surface area contributed by atoms with Crippen LogP contribution in [0.3, 0.4) is 0 Å². The number of likely N-dealkylation sites (tertiary alicyclic amines) is 1. The molecule has 2 aromatic carbocycles. The fourth-order valence-corrected chi connectivity index (χ4v) is 3.74. The zero-order chi connectivity index (χ0) is 24.2. The van der Waals surface area contributed by atoms with Gasteiger partial charge < -0.3 is 19.5 Å². The molecular formula is C26H32N2O6. The van der Waals surface area contributed by atoms with E-state index in [-0.39, 0.29) is 11.3 Å².